The fourth-order valence-electron chi connectivity index (χ4n) is 2.42. The number of nitrogens with two attached hydrogens (primary N) is 1. The molecule has 0 aliphatic rings. The number of rotatable bonds is 5. The van der Waals surface area contributed by atoms with Crippen molar-refractivity contribution in [1.29, 1.82) is 0 Å². The van der Waals surface area contributed by atoms with Crippen LogP contribution in [0.5, 0.6) is 0 Å². The van der Waals surface area contributed by atoms with Gasteiger partial charge in [-0.1, -0.05) is 42.5 Å². The van der Waals surface area contributed by atoms with Gasteiger partial charge in [0.25, 0.3) is 0 Å². The first-order valence-corrected chi connectivity index (χ1v) is 6.74. The van der Waals surface area contributed by atoms with Gasteiger partial charge in [0.15, 0.2) is 0 Å². The minimum absolute atomic E-state index is 0.135. The van der Waals surface area contributed by atoms with Crippen LogP contribution in [-0.4, -0.2) is 6.54 Å². The van der Waals surface area contributed by atoms with Crippen molar-refractivity contribution in [1.82, 2.24) is 0 Å². The minimum Gasteiger partial charge on any atom is -0.376 e. The highest BCUT2D eigenvalue weighted by Crippen LogP contribution is 2.29. The van der Waals surface area contributed by atoms with Crippen LogP contribution in [0.3, 0.4) is 0 Å². The summed E-state index contributed by atoms with van der Waals surface area (Å²) in [5, 5.41) is 3.63. The molecule has 2 nitrogen and oxygen atoms in total. The molecule has 0 radical (unpaired) electrons. The molecule has 0 saturated heterocycles. The quantitative estimate of drug-likeness (QED) is 0.854. The Balaban J connectivity index is 2.30. The molecule has 2 aromatic rings. The Bertz CT molecular complexity index is 522. The summed E-state index contributed by atoms with van der Waals surface area (Å²) in [4.78, 5) is 0. The second-order valence-corrected chi connectivity index (χ2v) is 5.23. The van der Waals surface area contributed by atoms with E-state index in [0.29, 0.717) is 6.54 Å². The van der Waals surface area contributed by atoms with Crippen molar-refractivity contribution in [2.24, 2.45) is 5.73 Å². The first kappa shape index (κ1) is 13.6. The zero-order chi connectivity index (χ0) is 13.7. The van der Waals surface area contributed by atoms with Crippen LogP contribution in [0.15, 0.2) is 54.6 Å². The van der Waals surface area contributed by atoms with Gasteiger partial charge in [0.05, 0.1) is 5.54 Å². The molecule has 2 aromatic carbocycles. The van der Waals surface area contributed by atoms with Gasteiger partial charge in [-0.3, -0.25) is 0 Å². The molecule has 2 heteroatoms. The zero-order valence-corrected chi connectivity index (χ0v) is 11.7. The van der Waals surface area contributed by atoms with Gasteiger partial charge in [-0.25, -0.2) is 0 Å². The summed E-state index contributed by atoms with van der Waals surface area (Å²) in [6.45, 7) is 4.97. The molecular formula is C17H22N2. The molecule has 0 fully saturated rings. The Morgan fingerprint density at radius 2 is 1.79 bits per heavy atom. The zero-order valence-electron chi connectivity index (χ0n) is 11.7. The molecule has 0 amide bonds. The second-order valence-electron chi connectivity index (χ2n) is 5.23. The normalized spacial score (nSPS) is 13.8. The maximum atomic E-state index is 5.80. The molecule has 0 aromatic heterocycles. The van der Waals surface area contributed by atoms with Crippen molar-refractivity contribution in [2.75, 3.05) is 11.9 Å². The summed E-state index contributed by atoms with van der Waals surface area (Å²) in [6, 6.07) is 18.9. The third-order valence-electron chi connectivity index (χ3n) is 3.49. The highest BCUT2D eigenvalue weighted by molar-refractivity contribution is 5.49. The Morgan fingerprint density at radius 3 is 2.42 bits per heavy atom. The number of benzene rings is 2. The first-order chi connectivity index (χ1) is 9.14. The van der Waals surface area contributed by atoms with E-state index in [-0.39, 0.29) is 5.54 Å². The highest BCUT2D eigenvalue weighted by atomic mass is 15.0. The van der Waals surface area contributed by atoms with Gasteiger partial charge in [-0.15, -0.1) is 0 Å². The van der Waals surface area contributed by atoms with E-state index in [1.54, 1.807) is 0 Å². The van der Waals surface area contributed by atoms with Crippen LogP contribution in [0.2, 0.25) is 0 Å². The molecule has 0 spiro atoms. The van der Waals surface area contributed by atoms with E-state index in [9.17, 15) is 0 Å². The lowest BCUT2D eigenvalue weighted by Gasteiger charge is -2.32. The Kier molecular flexibility index (Phi) is 4.23. The molecule has 3 N–H and O–H groups in total. The van der Waals surface area contributed by atoms with E-state index in [1.807, 2.05) is 6.07 Å². The highest BCUT2D eigenvalue weighted by Gasteiger charge is 2.25. The standard InChI is InChI=1S/C17H22N2/c1-14-7-6-10-16(13-14)19-17(2,11-12-18)15-8-4-3-5-9-15/h3-10,13,19H,11-12,18H2,1-2H3. The summed E-state index contributed by atoms with van der Waals surface area (Å²) >= 11 is 0. The summed E-state index contributed by atoms with van der Waals surface area (Å²) < 4.78 is 0. The van der Waals surface area contributed by atoms with Gasteiger partial charge in [-0.2, -0.15) is 0 Å². The Morgan fingerprint density at radius 1 is 1.05 bits per heavy atom. The maximum Gasteiger partial charge on any atom is 0.0609 e. The molecule has 0 bridgehead atoms. The lowest BCUT2D eigenvalue weighted by Crippen LogP contribution is -2.34. The molecule has 1 unspecified atom stereocenters. The Labute approximate surface area is 115 Å². The van der Waals surface area contributed by atoms with E-state index >= 15 is 0 Å². The molecule has 0 heterocycles. The SMILES string of the molecule is Cc1cccc(NC(C)(CCN)c2ccccc2)c1. The lowest BCUT2D eigenvalue weighted by atomic mass is 9.88. The van der Waals surface area contributed by atoms with E-state index in [4.69, 9.17) is 5.73 Å². The number of anilines is 1. The van der Waals surface area contributed by atoms with Crippen LogP contribution < -0.4 is 11.1 Å². The number of hydrogen-bond acceptors (Lipinski definition) is 2. The lowest BCUT2D eigenvalue weighted by molar-refractivity contribution is 0.504. The molecule has 100 valence electrons. The van der Waals surface area contributed by atoms with E-state index in [0.717, 1.165) is 12.1 Å². The van der Waals surface area contributed by atoms with Crippen LogP contribution in [0.4, 0.5) is 5.69 Å². The molecule has 0 saturated carbocycles. The van der Waals surface area contributed by atoms with Crippen molar-refractivity contribution >= 4 is 5.69 Å². The smallest absolute Gasteiger partial charge is 0.0609 e. The average Bonchev–Trinajstić information content (AvgIpc) is 2.40. The summed E-state index contributed by atoms with van der Waals surface area (Å²) in [5.74, 6) is 0. The van der Waals surface area contributed by atoms with Gasteiger partial charge in [0.1, 0.15) is 0 Å². The predicted molar refractivity (Wildman–Crippen MR) is 82.3 cm³/mol. The predicted octanol–water partition coefficient (Wildman–Crippen LogP) is 3.67. The molecule has 0 aliphatic carbocycles. The monoisotopic (exact) mass is 254 g/mol. The van der Waals surface area contributed by atoms with Gasteiger partial charge in [0.2, 0.25) is 0 Å². The largest absolute Gasteiger partial charge is 0.376 e. The van der Waals surface area contributed by atoms with Gasteiger partial charge < -0.3 is 11.1 Å². The van der Waals surface area contributed by atoms with Gasteiger partial charge in [0, 0.05) is 5.69 Å². The average molecular weight is 254 g/mol. The van der Waals surface area contributed by atoms with Crippen LogP contribution in [-0.2, 0) is 5.54 Å². The number of nitrogens with one attached hydrogen (secondary N) is 1. The summed E-state index contributed by atoms with van der Waals surface area (Å²) in [5.41, 5.74) is 9.32. The van der Waals surface area contributed by atoms with Crippen LogP contribution in [0.1, 0.15) is 24.5 Å². The van der Waals surface area contributed by atoms with Gasteiger partial charge in [-0.05, 0) is 50.1 Å². The third kappa shape index (κ3) is 3.36. The minimum atomic E-state index is -0.135. The van der Waals surface area contributed by atoms with Crippen molar-refractivity contribution < 1.29 is 0 Å². The summed E-state index contributed by atoms with van der Waals surface area (Å²) in [6.07, 6.45) is 0.894. The van der Waals surface area contributed by atoms with E-state index in [2.05, 4.69) is 67.7 Å². The van der Waals surface area contributed by atoms with E-state index < -0.39 is 0 Å². The number of aryl methyl sites for hydroxylation is 1. The molecule has 19 heavy (non-hydrogen) atoms. The topological polar surface area (TPSA) is 38.0 Å². The summed E-state index contributed by atoms with van der Waals surface area (Å²) in [7, 11) is 0. The Hall–Kier alpha value is -1.80. The van der Waals surface area contributed by atoms with Crippen LogP contribution >= 0.6 is 0 Å². The van der Waals surface area contributed by atoms with Crippen molar-refractivity contribution in [3.05, 3.63) is 65.7 Å². The molecular weight excluding hydrogens is 232 g/mol. The maximum absolute atomic E-state index is 5.80. The second kappa shape index (κ2) is 5.89. The van der Waals surface area contributed by atoms with Crippen molar-refractivity contribution in [3.63, 3.8) is 0 Å². The van der Waals surface area contributed by atoms with Gasteiger partial charge >= 0.3 is 0 Å². The molecule has 2 rings (SSSR count). The van der Waals surface area contributed by atoms with Crippen LogP contribution in [0.25, 0.3) is 0 Å². The molecule has 1 atom stereocenters. The van der Waals surface area contributed by atoms with Crippen molar-refractivity contribution in [3.8, 4) is 0 Å². The number of hydrogen-bond donors (Lipinski definition) is 2. The first-order valence-electron chi connectivity index (χ1n) is 6.74. The van der Waals surface area contributed by atoms with E-state index in [1.165, 1.54) is 11.1 Å². The fraction of sp³-hybridized carbons (Fsp3) is 0.294. The fourth-order valence-corrected chi connectivity index (χ4v) is 2.42. The van der Waals surface area contributed by atoms with Crippen molar-refractivity contribution in [2.45, 2.75) is 25.8 Å². The van der Waals surface area contributed by atoms with Crippen LogP contribution in [0, 0.1) is 6.92 Å². The third-order valence-corrected chi connectivity index (χ3v) is 3.49. The molecule has 0 aliphatic heterocycles.